The van der Waals surface area contributed by atoms with Crippen LogP contribution >= 0.6 is 0 Å². The Morgan fingerprint density at radius 1 is 1.17 bits per heavy atom. The Kier molecular flexibility index (Phi) is 6.09. The number of carbonyl (C=O) groups is 1. The summed E-state index contributed by atoms with van der Waals surface area (Å²) in [6.07, 6.45) is 0.470. The SMILES string of the molecule is CC[C@H](NC(=O)c1ccc(=O)n(-c2ccc(F)cc2)n1)c1cccc(S(N)(=O)=O)c1. The average Bonchev–Trinajstić information content (AvgIpc) is 2.72. The largest absolute Gasteiger partial charge is 0.344 e. The number of hydrogen-bond donors (Lipinski definition) is 2. The van der Waals surface area contributed by atoms with E-state index < -0.39 is 33.3 Å². The first-order chi connectivity index (χ1) is 14.2. The molecule has 0 aliphatic heterocycles. The van der Waals surface area contributed by atoms with Gasteiger partial charge in [-0.15, -0.1) is 0 Å². The molecule has 0 saturated carbocycles. The quantitative estimate of drug-likeness (QED) is 0.618. The number of nitrogens with one attached hydrogen (secondary N) is 1. The van der Waals surface area contributed by atoms with Crippen LogP contribution in [0.2, 0.25) is 0 Å². The first kappa shape index (κ1) is 21.3. The molecule has 0 fully saturated rings. The molecule has 30 heavy (non-hydrogen) atoms. The molecule has 0 aliphatic carbocycles. The summed E-state index contributed by atoms with van der Waals surface area (Å²) in [7, 11) is -3.88. The Labute approximate surface area is 172 Å². The predicted molar refractivity (Wildman–Crippen MR) is 108 cm³/mol. The van der Waals surface area contributed by atoms with Crippen molar-refractivity contribution in [1.82, 2.24) is 15.1 Å². The molecule has 0 bridgehead atoms. The number of rotatable bonds is 6. The summed E-state index contributed by atoms with van der Waals surface area (Å²) < 4.78 is 37.3. The standard InChI is InChI=1S/C20H19FN4O4S/c1-2-17(13-4-3-5-16(12-13)30(22,28)29)23-20(27)18-10-11-19(26)25(24-18)15-8-6-14(21)7-9-15/h3-12,17H,2H2,1H3,(H,23,27)(H2,22,28,29)/t17-/m0/s1. The van der Waals surface area contributed by atoms with Crippen LogP contribution in [0.15, 0.2) is 70.4 Å². The number of benzene rings is 2. The summed E-state index contributed by atoms with van der Waals surface area (Å²) in [4.78, 5) is 24.8. The summed E-state index contributed by atoms with van der Waals surface area (Å²) in [5.41, 5.74) is 0.360. The highest BCUT2D eigenvalue weighted by atomic mass is 32.2. The number of aromatic nitrogens is 2. The van der Waals surface area contributed by atoms with E-state index in [1.165, 1.54) is 54.6 Å². The van der Waals surface area contributed by atoms with E-state index in [2.05, 4.69) is 10.4 Å². The van der Waals surface area contributed by atoms with E-state index in [9.17, 15) is 22.4 Å². The van der Waals surface area contributed by atoms with Crippen LogP contribution in [0.3, 0.4) is 0 Å². The molecule has 1 atom stereocenters. The molecule has 2 aromatic carbocycles. The molecule has 0 saturated heterocycles. The molecule has 1 aromatic heterocycles. The van der Waals surface area contributed by atoms with E-state index in [-0.39, 0.29) is 10.6 Å². The van der Waals surface area contributed by atoms with Crippen LogP contribution in [0, 0.1) is 5.82 Å². The summed E-state index contributed by atoms with van der Waals surface area (Å²) in [5, 5.41) is 12.0. The zero-order valence-electron chi connectivity index (χ0n) is 15.9. The summed E-state index contributed by atoms with van der Waals surface area (Å²) in [6, 6.07) is 13.1. The van der Waals surface area contributed by atoms with Crippen molar-refractivity contribution in [3.63, 3.8) is 0 Å². The Morgan fingerprint density at radius 2 is 1.87 bits per heavy atom. The van der Waals surface area contributed by atoms with Gasteiger partial charge >= 0.3 is 0 Å². The minimum atomic E-state index is -3.88. The van der Waals surface area contributed by atoms with Gasteiger partial charge in [0.1, 0.15) is 11.5 Å². The third-order valence-electron chi connectivity index (χ3n) is 4.41. The number of nitrogens with zero attached hydrogens (tertiary/aromatic N) is 2. The highest BCUT2D eigenvalue weighted by molar-refractivity contribution is 7.89. The number of sulfonamides is 1. The Morgan fingerprint density at radius 3 is 2.50 bits per heavy atom. The van der Waals surface area contributed by atoms with Crippen molar-refractivity contribution in [2.75, 3.05) is 0 Å². The first-order valence-electron chi connectivity index (χ1n) is 8.99. The van der Waals surface area contributed by atoms with Crippen LogP contribution in [-0.4, -0.2) is 24.1 Å². The van der Waals surface area contributed by atoms with Gasteiger partial charge in [0.2, 0.25) is 10.0 Å². The molecule has 3 rings (SSSR count). The molecule has 3 N–H and O–H groups in total. The van der Waals surface area contributed by atoms with Crippen molar-refractivity contribution in [3.8, 4) is 5.69 Å². The number of hydrogen-bond acceptors (Lipinski definition) is 5. The van der Waals surface area contributed by atoms with Gasteiger partial charge in [0.05, 0.1) is 16.6 Å². The fraction of sp³-hybridized carbons (Fsp3) is 0.150. The number of primary sulfonamides is 1. The van der Waals surface area contributed by atoms with Crippen molar-refractivity contribution < 1.29 is 17.6 Å². The van der Waals surface area contributed by atoms with Crippen LogP contribution < -0.4 is 16.0 Å². The third kappa shape index (κ3) is 4.78. The summed E-state index contributed by atoms with van der Waals surface area (Å²) >= 11 is 0. The van der Waals surface area contributed by atoms with Crippen LogP contribution in [0.1, 0.15) is 35.4 Å². The predicted octanol–water partition coefficient (Wildman–Crippen LogP) is 1.90. The van der Waals surface area contributed by atoms with Crippen molar-refractivity contribution in [3.05, 3.63) is 88.1 Å². The molecule has 156 valence electrons. The smallest absolute Gasteiger partial charge is 0.272 e. The highest BCUT2D eigenvalue weighted by Gasteiger charge is 2.18. The molecule has 1 heterocycles. The van der Waals surface area contributed by atoms with Gasteiger partial charge in [-0.05, 0) is 54.4 Å². The monoisotopic (exact) mass is 430 g/mol. The fourth-order valence-electron chi connectivity index (χ4n) is 2.86. The Balaban J connectivity index is 1.89. The first-order valence-corrected chi connectivity index (χ1v) is 10.5. The lowest BCUT2D eigenvalue weighted by Crippen LogP contribution is -2.31. The van der Waals surface area contributed by atoms with Crippen molar-refractivity contribution in [2.45, 2.75) is 24.3 Å². The molecular formula is C20H19FN4O4S. The molecule has 0 radical (unpaired) electrons. The molecule has 0 unspecified atom stereocenters. The van der Waals surface area contributed by atoms with Crippen molar-refractivity contribution in [1.29, 1.82) is 0 Å². The minimum absolute atomic E-state index is 0.0278. The molecule has 0 aliphatic rings. The fourth-order valence-corrected chi connectivity index (χ4v) is 3.43. The minimum Gasteiger partial charge on any atom is -0.344 e. The molecular weight excluding hydrogens is 411 g/mol. The van der Waals surface area contributed by atoms with E-state index in [1.807, 2.05) is 6.92 Å². The average molecular weight is 430 g/mol. The maximum absolute atomic E-state index is 13.1. The van der Waals surface area contributed by atoms with Gasteiger partial charge in [0.15, 0.2) is 0 Å². The van der Waals surface area contributed by atoms with Gasteiger partial charge in [-0.25, -0.2) is 17.9 Å². The zero-order chi connectivity index (χ0) is 21.9. The molecule has 3 aromatic rings. The van der Waals surface area contributed by atoms with E-state index in [1.54, 1.807) is 6.07 Å². The lowest BCUT2D eigenvalue weighted by atomic mass is 10.0. The van der Waals surface area contributed by atoms with E-state index in [0.29, 0.717) is 17.7 Å². The second kappa shape index (κ2) is 8.56. The van der Waals surface area contributed by atoms with Crippen LogP contribution in [0.4, 0.5) is 4.39 Å². The van der Waals surface area contributed by atoms with E-state index >= 15 is 0 Å². The van der Waals surface area contributed by atoms with Gasteiger partial charge in [0.25, 0.3) is 11.5 Å². The second-order valence-corrected chi connectivity index (χ2v) is 8.06. The van der Waals surface area contributed by atoms with Crippen LogP contribution in [-0.2, 0) is 10.0 Å². The van der Waals surface area contributed by atoms with Crippen LogP contribution in [0.25, 0.3) is 5.69 Å². The zero-order valence-corrected chi connectivity index (χ0v) is 16.8. The lowest BCUT2D eigenvalue weighted by Gasteiger charge is -2.18. The second-order valence-electron chi connectivity index (χ2n) is 6.50. The maximum atomic E-state index is 13.1. The number of amides is 1. The van der Waals surface area contributed by atoms with E-state index in [0.717, 1.165) is 4.68 Å². The normalized spacial score (nSPS) is 12.4. The summed E-state index contributed by atoms with van der Waals surface area (Å²) in [5.74, 6) is -1.02. The number of nitrogens with two attached hydrogens (primary N) is 1. The van der Waals surface area contributed by atoms with Crippen LogP contribution in [0.5, 0.6) is 0 Å². The number of halogens is 1. The summed E-state index contributed by atoms with van der Waals surface area (Å²) in [6.45, 7) is 1.82. The Hall–Kier alpha value is -3.37. The van der Waals surface area contributed by atoms with Gasteiger partial charge in [0, 0.05) is 6.07 Å². The molecule has 0 spiro atoms. The van der Waals surface area contributed by atoms with Gasteiger partial charge in [-0.1, -0.05) is 19.1 Å². The lowest BCUT2D eigenvalue weighted by molar-refractivity contribution is 0.0928. The molecule has 8 nitrogen and oxygen atoms in total. The maximum Gasteiger partial charge on any atom is 0.272 e. The topological polar surface area (TPSA) is 124 Å². The van der Waals surface area contributed by atoms with Crippen molar-refractivity contribution in [2.24, 2.45) is 5.14 Å². The van der Waals surface area contributed by atoms with Crippen molar-refractivity contribution >= 4 is 15.9 Å². The third-order valence-corrected chi connectivity index (χ3v) is 5.32. The highest BCUT2D eigenvalue weighted by Crippen LogP contribution is 2.20. The van der Waals surface area contributed by atoms with Gasteiger partial charge in [-0.2, -0.15) is 9.78 Å². The van der Waals surface area contributed by atoms with E-state index in [4.69, 9.17) is 5.14 Å². The molecule has 1 amide bonds. The Bertz CT molecular complexity index is 1240. The number of carbonyl (C=O) groups excluding carboxylic acids is 1. The van der Waals surface area contributed by atoms with Gasteiger partial charge < -0.3 is 5.32 Å². The van der Waals surface area contributed by atoms with Gasteiger partial charge in [-0.3, -0.25) is 9.59 Å². The molecule has 10 heteroatoms.